The number of aryl methyl sites for hydroxylation is 3. The SMILES string of the molecule is CCc1ccc(-c2nc3c(c(C)nn3-c3ccc(C)cc3)c(-c3ccccc3O)c2C#N)cc1. The summed E-state index contributed by atoms with van der Waals surface area (Å²) < 4.78 is 1.82. The van der Waals surface area contributed by atoms with Gasteiger partial charge in [0.05, 0.1) is 28.0 Å². The number of phenolic OH excluding ortho intramolecular Hbond substituents is 1. The van der Waals surface area contributed by atoms with E-state index in [2.05, 4.69) is 25.1 Å². The van der Waals surface area contributed by atoms with E-state index in [0.717, 1.165) is 34.3 Å². The van der Waals surface area contributed by atoms with Gasteiger partial charge in [0.25, 0.3) is 0 Å². The molecule has 5 heteroatoms. The zero-order valence-electron chi connectivity index (χ0n) is 19.4. The smallest absolute Gasteiger partial charge is 0.164 e. The van der Waals surface area contributed by atoms with Gasteiger partial charge in [-0.2, -0.15) is 10.4 Å². The average molecular weight is 445 g/mol. The minimum atomic E-state index is 0.112. The number of rotatable bonds is 4. The molecule has 0 atom stereocenters. The highest BCUT2D eigenvalue weighted by atomic mass is 16.3. The molecule has 166 valence electrons. The van der Waals surface area contributed by atoms with Crippen molar-refractivity contribution in [3.8, 4) is 39.9 Å². The van der Waals surface area contributed by atoms with E-state index in [0.29, 0.717) is 28.0 Å². The van der Waals surface area contributed by atoms with E-state index >= 15 is 0 Å². The highest BCUT2D eigenvalue weighted by Gasteiger charge is 2.24. The van der Waals surface area contributed by atoms with Crippen molar-refractivity contribution in [3.63, 3.8) is 0 Å². The second-order valence-electron chi connectivity index (χ2n) is 8.42. The van der Waals surface area contributed by atoms with Crippen molar-refractivity contribution >= 4 is 11.0 Å². The second kappa shape index (κ2) is 8.49. The quantitative estimate of drug-likeness (QED) is 0.343. The molecule has 0 aliphatic rings. The summed E-state index contributed by atoms with van der Waals surface area (Å²) in [6, 6.07) is 25.7. The van der Waals surface area contributed by atoms with Crippen LogP contribution in [-0.4, -0.2) is 19.9 Å². The van der Waals surface area contributed by atoms with Crippen LogP contribution in [0.2, 0.25) is 0 Å². The first-order chi connectivity index (χ1) is 16.5. The number of phenols is 1. The fourth-order valence-corrected chi connectivity index (χ4v) is 4.35. The van der Waals surface area contributed by atoms with E-state index < -0.39 is 0 Å². The summed E-state index contributed by atoms with van der Waals surface area (Å²) in [7, 11) is 0. The van der Waals surface area contributed by atoms with Gasteiger partial charge in [-0.25, -0.2) is 9.67 Å². The van der Waals surface area contributed by atoms with Gasteiger partial charge in [0.2, 0.25) is 0 Å². The molecule has 0 spiro atoms. The summed E-state index contributed by atoms with van der Waals surface area (Å²) in [5.41, 5.74) is 7.72. The first-order valence-electron chi connectivity index (χ1n) is 11.3. The van der Waals surface area contributed by atoms with Crippen LogP contribution in [0.3, 0.4) is 0 Å². The number of nitriles is 1. The lowest BCUT2D eigenvalue weighted by molar-refractivity contribution is 0.477. The Morgan fingerprint density at radius 2 is 1.65 bits per heavy atom. The molecule has 0 amide bonds. The number of nitrogens with zero attached hydrogens (tertiary/aromatic N) is 4. The number of aromatic hydroxyl groups is 1. The molecule has 2 aromatic heterocycles. The third-order valence-corrected chi connectivity index (χ3v) is 6.19. The van der Waals surface area contributed by atoms with Crippen LogP contribution in [0, 0.1) is 25.2 Å². The molecule has 0 saturated heterocycles. The summed E-state index contributed by atoms with van der Waals surface area (Å²) in [5.74, 6) is 0.112. The van der Waals surface area contributed by atoms with Crippen LogP contribution in [0.4, 0.5) is 0 Å². The van der Waals surface area contributed by atoms with Gasteiger partial charge in [-0.15, -0.1) is 0 Å². The van der Waals surface area contributed by atoms with Crippen LogP contribution in [0.15, 0.2) is 72.8 Å². The molecule has 3 aromatic carbocycles. The number of benzene rings is 3. The third kappa shape index (κ3) is 3.50. The lowest BCUT2D eigenvalue weighted by Gasteiger charge is -2.14. The molecule has 0 fully saturated rings. The number of fused-ring (bicyclic) bond motifs is 1. The fourth-order valence-electron chi connectivity index (χ4n) is 4.35. The van der Waals surface area contributed by atoms with Crippen molar-refractivity contribution in [2.45, 2.75) is 27.2 Å². The molecule has 0 saturated carbocycles. The standard InChI is InChI=1S/C29H24N4O/c1-4-20-11-13-21(14-12-20)28-24(17-30)27(23-7-5-6-8-25(23)34)26-19(3)32-33(29(26)31-28)22-15-9-18(2)10-16-22/h5-16,34H,4H2,1-3H3. The van der Waals surface area contributed by atoms with Crippen molar-refractivity contribution < 1.29 is 5.11 Å². The first kappa shape index (κ1) is 21.4. The van der Waals surface area contributed by atoms with E-state index in [1.54, 1.807) is 12.1 Å². The van der Waals surface area contributed by atoms with Crippen molar-refractivity contribution in [1.29, 1.82) is 5.26 Å². The summed E-state index contributed by atoms with van der Waals surface area (Å²) in [5, 5.41) is 26.6. The average Bonchev–Trinajstić information content (AvgIpc) is 3.20. The zero-order valence-corrected chi connectivity index (χ0v) is 19.4. The van der Waals surface area contributed by atoms with Crippen LogP contribution in [0.5, 0.6) is 5.75 Å². The zero-order chi connectivity index (χ0) is 23.8. The Balaban J connectivity index is 1.92. The monoisotopic (exact) mass is 444 g/mol. The minimum Gasteiger partial charge on any atom is -0.507 e. The summed E-state index contributed by atoms with van der Waals surface area (Å²) in [6.07, 6.45) is 0.931. The highest BCUT2D eigenvalue weighted by molar-refractivity contribution is 6.02. The van der Waals surface area contributed by atoms with E-state index in [9.17, 15) is 10.4 Å². The van der Waals surface area contributed by atoms with E-state index in [1.165, 1.54) is 5.56 Å². The lowest BCUT2D eigenvalue weighted by atomic mass is 9.92. The van der Waals surface area contributed by atoms with E-state index in [4.69, 9.17) is 10.1 Å². The largest absolute Gasteiger partial charge is 0.507 e. The predicted molar refractivity (Wildman–Crippen MR) is 135 cm³/mol. The number of aromatic nitrogens is 3. The Bertz CT molecular complexity index is 1560. The molecule has 5 nitrogen and oxygen atoms in total. The van der Waals surface area contributed by atoms with Gasteiger partial charge < -0.3 is 5.11 Å². The van der Waals surface area contributed by atoms with Gasteiger partial charge in [0, 0.05) is 16.7 Å². The van der Waals surface area contributed by atoms with Gasteiger partial charge in [-0.1, -0.05) is 67.1 Å². The van der Waals surface area contributed by atoms with Gasteiger partial charge in [-0.05, 0) is 44.0 Å². The molecule has 5 aromatic rings. The van der Waals surface area contributed by atoms with Gasteiger partial charge in [0.15, 0.2) is 5.65 Å². The topological polar surface area (TPSA) is 74.7 Å². The maximum Gasteiger partial charge on any atom is 0.164 e. The van der Waals surface area contributed by atoms with Crippen molar-refractivity contribution in [1.82, 2.24) is 14.8 Å². The highest BCUT2D eigenvalue weighted by Crippen LogP contribution is 2.41. The number of pyridine rings is 1. The lowest BCUT2D eigenvalue weighted by Crippen LogP contribution is -2.01. The van der Waals surface area contributed by atoms with E-state index in [1.807, 2.05) is 67.1 Å². The fraction of sp³-hybridized carbons (Fsp3) is 0.138. The maximum absolute atomic E-state index is 10.8. The summed E-state index contributed by atoms with van der Waals surface area (Å²) >= 11 is 0. The normalized spacial score (nSPS) is 11.0. The maximum atomic E-state index is 10.8. The summed E-state index contributed by atoms with van der Waals surface area (Å²) in [4.78, 5) is 5.00. The Morgan fingerprint density at radius 1 is 0.941 bits per heavy atom. The number of hydrogen-bond donors (Lipinski definition) is 1. The molecular formula is C29H24N4O. The molecule has 2 heterocycles. The van der Waals surface area contributed by atoms with Crippen molar-refractivity contribution in [2.75, 3.05) is 0 Å². The molecule has 5 rings (SSSR count). The molecule has 0 unspecified atom stereocenters. The van der Waals surface area contributed by atoms with Crippen LogP contribution in [-0.2, 0) is 6.42 Å². The number of hydrogen-bond acceptors (Lipinski definition) is 4. The molecule has 0 radical (unpaired) electrons. The minimum absolute atomic E-state index is 0.112. The van der Waals surface area contributed by atoms with E-state index in [-0.39, 0.29) is 5.75 Å². The Kier molecular flexibility index (Phi) is 5.35. The molecule has 0 aliphatic heterocycles. The van der Waals surface area contributed by atoms with Crippen LogP contribution < -0.4 is 0 Å². The van der Waals surface area contributed by atoms with Crippen LogP contribution in [0.1, 0.15) is 29.3 Å². The van der Waals surface area contributed by atoms with Crippen LogP contribution >= 0.6 is 0 Å². The molecule has 0 aliphatic carbocycles. The Labute approximate surface area is 198 Å². The van der Waals surface area contributed by atoms with Crippen LogP contribution in [0.25, 0.3) is 39.1 Å². The molecule has 0 bridgehead atoms. The van der Waals surface area contributed by atoms with Crippen molar-refractivity contribution in [3.05, 3.63) is 95.2 Å². The molecular weight excluding hydrogens is 420 g/mol. The van der Waals surface area contributed by atoms with Gasteiger partial charge in [-0.3, -0.25) is 0 Å². The Morgan fingerprint density at radius 3 is 2.29 bits per heavy atom. The Hall–Kier alpha value is -4.43. The summed E-state index contributed by atoms with van der Waals surface area (Å²) in [6.45, 7) is 6.07. The van der Waals surface area contributed by atoms with Gasteiger partial charge in [0.1, 0.15) is 11.8 Å². The second-order valence-corrected chi connectivity index (χ2v) is 8.42. The van der Waals surface area contributed by atoms with Gasteiger partial charge >= 0.3 is 0 Å². The predicted octanol–water partition coefficient (Wildman–Crippen LogP) is 6.51. The number of para-hydroxylation sites is 1. The molecule has 34 heavy (non-hydrogen) atoms. The molecule has 1 N–H and O–H groups in total. The third-order valence-electron chi connectivity index (χ3n) is 6.19. The first-order valence-corrected chi connectivity index (χ1v) is 11.3. The van der Waals surface area contributed by atoms with Crippen molar-refractivity contribution in [2.24, 2.45) is 0 Å².